The number of fused-ring (bicyclic) bond motifs is 1. The van der Waals surface area contributed by atoms with Crippen molar-refractivity contribution in [3.05, 3.63) is 41.5 Å². The Morgan fingerprint density at radius 2 is 2.00 bits per heavy atom. The predicted octanol–water partition coefficient (Wildman–Crippen LogP) is 2.40. The van der Waals surface area contributed by atoms with Gasteiger partial charge in [0.05, 0.1) is 0 Å². The van der Waals surface area contributed by atoms with Crippen LogP contribution >= 0.6 is 12.4 Å². The summed E-state index contributed by atoms with van der Waals surface area (Å²) in [6.07, 6.45) is 4.56. The van der Waals surface area contributed by atoms with Crippen molar-refractivity contribution in [2.75, 3.05) is 6.54 Å². The van der Waals surface area contributed by atoms with E-state index in [-0.39, 0.29) is 12.4 Å². The van der Waals surface area contributed by atoms with E-state index in [9.17, 15) is 0 Å². The van der Waals surface area contributed by atoms with Crippen molar-refractivity contribution >= 4 is 18.0 Å². The quantitative estimate of drug-likeness (QED) is 0.732. The van der Waals surface area contributed by atoms with Gasteiger partial charge in [0.2, 0.25) is 0 Å². The van der Waals surface area contributed by atoms with Crippen molar-refractivity contribution in [1.29, 1.82) is 0 Å². The standard InChI is InChI=1S/C11H13N.ClH/c12-8-10-6-3-5-9-4-1-2-7-11(9)10;/h1-2,4,6-7H,3,5,8,12H2;1H. The SMILES string of the molecule is Cl.NCC1=CCCc2ccccc21. The van der Waals surface area contributed by atoms with E-state index in [1.165, 1.54) is 23.1 Å². The minimum atomic E-state index is 0. The molecule has 1 nitrogen and oxygen atoms in total. The van der Waals surface area contributed by atoms with E-state index in [1.807, 2.05) is 0 Å². The molecule has 13 heavy (non-hydrogen) atoms. The molecule has 1 aromatic carbocycles. The first-order valence-electron chi connectivity index (χ1n) is 4.39. The fourth-order valence-corrected chi connectivity index (χ4v) is 1.76. The van der Waals surface area contributed by atoms with E-state index in [1.54, 1.807) is 0 Å². The zero-order valence-electron chi connectivity index (χ0n) is 7.49. The zero-order valence-corrected chi connectivity index (χ0v) is 8.31. The van der Waals surface area contributed by atoms with Gasteiger partial charge >= 0.3 is 0 Å². The Morgan fingerprint density at radius 3 is 2.77 bits per heavy atom. The molecule has 0 fully saturated rings. The van der Waals surface area contributed by atoms with Gasteiger partial charge in [-0.05, 0) is 29.5 Å². The number of benzene rings is 1. The average Bonchev–Trinajstić information content (AvgIpc) is 2.17. The van der Waals surface area contributed by atoms with Crippen LogP contribution in [0.1, 0.15) is 17.5 Å². The summed E-state index contributed by atoms with van der Waals surface area (Å²) in [6, 6.07) is 8.52. The molecule has 1 aromatic rings. The highest BCUT2D eigenvalue weighted by atomic mass is 35.5. The number of aryl methyl sites for hydroxylation is 1. The minimum absolute atomic E-state index is 0. The molecule has 0 aromatic heterocycles. The van der Waals surface area contributed by atoms with Crippen LogP contribution < -0.4 is 5.73 Å². The summed E-state index contributed by atoms with van der Waals surface area (Å²) < 4.78 is 0. The third-order valence-electron chi connectivity index (χ3n) is 2.39. The van der Waals surface area contributed by atoms with Crippen LogP contribution in [0.2, 0.25) is 0 Å². The summed E-state index contributed by atoms with van der Waals surface area (Å²) in [5, 5.41) is 0. The maximum atomic E-state index is 5.65. The van der Waals surface area contributed by atoms with E-state index in [4.69, 9.17) is 5.73 Å². The second-order valence-electron chi connectivity index (χ2n) is 3.13. The predicted molar refractivity (Wildman–Crippen MR) is 59.0 cm³/mol. The van der Waals surface area contributed by atoms with Gasteiger partial charge in [-0.25, -0.2) is 0 Å². The molecule has 0 unspecified atom stereocenters. The summed E-state index contributed by atoms with van der Waals surface area (Å²) in [5.74, 6) is 0. The second-order valence-corrected chi connectivity index (χ2v) is 3.13. The fourth-order valence-electron chi connectivity index (χ4n) is 1.76. The summed E-state index contributed by atoms with van der Waals surface area (Å²) in [4.78, 5) is 0. The molecular formula is C11H14ClN. The Labute approximate surface area is 85.1 Å². The summed E-state index contributed by atoms with van der Waals surface area (Å²) >= 11 is 0. The van der Waals surface area contributed by atoms with Crippen LogP contribution in [0.15, 0.2) is 30.3 Å². The molecule has 2 rings (SSSR count). The molecule has 0 heterocycles. The first-order valence-corrected chi connectivity index (χ1v) is 4.39. The van der Waals surface area contributed by atoms with Crippen molar-refractivity contribution < 1.29 is 0 Å². The lowest BCUT2D eigenvalue weighted by molar-refractivity contribution is 0.967. The molecule has 0 radical (unpaired) electrons. The monoisotopic (exact) mass is 195 g/mol. The van der Waals surface area contributed by atoms with E-state index in [0.29, 0.717) is 6.54 Å². The van der Waals surface area contributed by atoms with Crippen LogP contribution in [-0.2, 0) is 6.42 Å². The highest BCUT2D eigenvalue weighted by Crippen LogP contribution is 2.24. The van der Waals surface area contributed by atoms with Crippen molar-refractivity contribution in [1.82, 2.24) is 0 Å². The number of hydrogen-bond donors (Lipinski definition) is 1. The van der Waals surface area contributed by atoms with E-state index in [2.05, 4.69) is 30.3 Å². The number of nitrogens with two attached hydrogens (primary N) is 1. The molecule has 1 aliphatic rings. The van der Waals surface area contributed by atoms with Gasteiger partial charge in [-0.2, -0.15) is 0 Å². The molecule has 0 spiro atoms. The molecular weight excluding hydrogens is 182 g/mol. The molecule has 1 aliphatic carbocycles. The number of halogens is 1. The van der Waals surface area contributed by atoms with Gasteiger partial charge in [0.25, 0.3) is 0 Å². The zero-order chi connectivity index (χ0) is 8.39. The van der Waals surface area contributed by atoms with Gasteiger partial charge in [-0.3, -0.25) is 0 Å². The summed E-state index contributed by atoms with van der Waals surface area (Å²) in [5.41, 5.74) is 9.75. The summed E-state index contributed by atoms with van der Waals surface area (Å²) in [7, 11) is 0. The molecule has 2 N–H and O–H groups in total. The molecule has 0 atom stereocenters. The molecule has 0 amide bonds. The number of hydrogen-bond acceptors (Lipinski definition) is 1. The lowest BCUT2D eigenvalue weighted by Gasteiger charge is -2.15. The van der Waals surface area contributed by atoms with Gasteiger partial charge in [0.1, 0.15) is 0 Å². The van der Waals surface area contributed by atoms with Crippen LogP contribution in [0.4, 0.5) is 0 Å². The second kappa shape index (κ2) is 4.45. The Balaban J connectivity index is 0.000000845. The Morgan fingerprint density at radius 1 is 1.23 bits per heavy atom. The Kier molecular flexibility index (Phi) is 3.52. The lowest BCUT2D eigenvalue weighted by atomic mass is 9.91. The lowest BCUT2D eigenvalue weighted by Crippen LogP contribution is -2.07. The number of allylic oxidation sites excluding steroid dienone is 1. The van der Waals surface area contributed by atoms with Crippen molar-refractivity contribution in [2.24, 2.45) is 5.73 Å². The van der Waals surface area contributed by atoms with Gasteiger partial charge in [-0.15, -0.1) is 12.4 Å². The van der Waals surface area contributed by atoms with Crippen LogP contribution in [-0.4, -0.2) is 6.54 Å². The minimum Gasteiger partial charge on any atom is -0.326 e. The first kappa shape index (κ1) is 10.3. The molecule has 0 saturated heterocycles. The number of rotatable bonds is 1. The van der Waals surface area contributed by atoms with Gasteiger partial charge in [0, 0.05) is 6.54 Å². The molecule has 2 heteroatoms. The van der Waals surface area contributed by atoms with E-state index in [0.717, 1.165) is 6.42 Å². The highest BCUT2D eigenvalue weighted by molar-refractivity contribution is 5.85. The topological polar surface area (TPSA) is 26.0 Å². The third-order valence-corrected chi connectivity index (χ3v) is 2.39. The van der Waals surface area contributed by atoms with Crippen LogP contribution in [0, 0.1) is 0 Å². The molecule has 0 aliphatic heterocycles. The van der Waals surface area contributed by atoms with E-state index < -0.39 is 0 Å². The Bertz CT molecular complexity index is 318. The van der Waals surface area contributed by atoms with Crippen LogP contribution in [0.25, 0.3) is 5.57 Å². The van der Waals surface area contributed by atoms with Gasteiger partial charge < -0.3 is 5.73 Å². The normalized spacial score (nSPS) is 14.1. The maximum absolute atomic E-state index is 5.65. The summed E-state index contributed by atoms with van der Waals surface area (Å²) in [6.45, 7) is 0.664. The van der Waals surface area contributed by atoms with E-state index >= 15 is 0 Å². The highest BCUT2D eigenvalue weighted by Gasteiger charge is 2.09. The first-order chi connectivity index (χ1) is 5.92. The smallest absolute Gasteiger partial charge is 0.0181 e. The average molecular weight is 196 g/mol. The van der Waals surface area contributed by atoms with Crippen LogP contribution in [0.3, 0.4) is 0 Å². The Hall–Kier alpha value is -0.790. The van der Waals surface area contributed by atoms with Gasteiger partial charge in [0.15, 0.2) is 0 Å². The third kappa shape index (κ3) is 1.93. The van der Waals surface area contributed by atoms with Crippen LogP contribution in [0.5, 0.6) is 0 Å². The molecule has 70 valence electrons. The molecule has 0 saturated carbocycles. The van der Waals surface area contributed by atoms with Gasteiger partial charge in [-0.1, -0.05) is 30.3 Å². The largest absolute Gasteiger partial charge is 0.326 e. The molecule has 0 bridgehead atoms. The van der Waals surface area contributed by atoms with Crippen molar-refractivity contribution in [3.8, 4) is 0 Å². The van der Waals surface area contributed by atoms with Crippen molar-refractivity contribution in [2.45, 2.75) is 12.8 Å². The maximum Gasteiger partial charge on any atom is 0.0181 e. The van der Waals surface area contributed by atoms with Crippen molar-refractivity contribution in [3.63, 3.8) is 0 Å². The fraction of sp³-hybridized carbons (Fsp3) is 0.273.